The van der Waals surface area contributed by atoms with Gasteiger partial charge in [-0.2, -0.15) is 0 Å². The lowest BCUT2D eigenvalue weighted by Gasteiger charge is -2.17. The molecule has 0 bridgehead atoms. The molecule has 5 heteroatoms. The van der Waals surface area contributed by atoms with Gasteiger partial charge in [0.1, 0.15) is 0 Å². The molecule has 5 nitrogen and oxygen atoms in total. The van der Waals surface area contributed by atoms with E-state index in [1.807, 2.05) is 37.3 Å². The van der Waals surface area contributed by atoms with Gasteiger partial charge in [0.2, 0.25) is 11.8 Å². The molecule has 0 saturated heterocycles. The van der Waals surface area contributed by atoms with E-state index in [9.17, 15) is 9.59 Å². The average molecular weight is 291 g/mol. The Morgan fingerprint density at radius 3 is 2.24 bits per heavy atom. The van der Waals surface area contributed by atoms with Gasteiger partial charge < -0.3 is 10.6 Å². The monoisotopic (exact) mass is 291 g/mol. The summed E-state index contributed by atoms with van der Waals surface area (Å²) in [6.45, 7) is 6.85. The van der Waals surface area contributed by atoms with E-state index in [1.165, 1.54) is 0 Å². The summed E-state index contributed by atoms with van der Waals surface area (Å²) in [6.07, 6.45) is 0. The number of rotatable bonds is 8. The number of amides is 2. The van der Waals surface area contributed by atoms with Crippen LogP contribution < -0.4 is 16.0 Å². The summed E-state index contributed by atoms with van der Waals surface area (Å²) in [5, 5.41) is 8.52. The van der Waals surface area contributed by atoms with E-state index in [4.69, 9.17) is 0 Å². The fourth-order valence-corrected chi connectivity index (χ4v) is 1.62. The van der Waals surface area contributed by atoms with E-state index in [0.717, 1.165) is 5.56 Å². The van der Waals surface area contributed by atoms with Gasteiger partial charge in [-0.15, -0.1) is 0 Å². The van der Waals surface area contributed by atoms with Gasteiger partial charge in [-0.3, -0.25) is 14.9 Å². The van der Waals surface area contributed by atoms with Crippen molar-refractivity contribution < 1.29 is 9.59 Å². The lowest BCUT2D eigenvalue weighted by atomic mass is 10.1. The summed E-state index contributed by atoms with van der Waals surface area (Å²) < 4.78 is 0. The quantitative estimate of drug-likeness (QED) is 0.670. The zero-order valence-electron chi connectivity index (χ0n) is 13.0. The van der Waals surface area contributed by atoms with Gasteiger partial charge in [0, 0.05) is 12.6 Å². The molecule has 2 amide bonds. The van der Waals surface area contributed by atoms with Crippen LogP contribution in [0.3, 0.4) is 0 Å². The Kier molecular flexibility index (Phi) is 7.46. The van der Waals surface area contributed by atoms with E-state index in [-0.39, 0.29) is 30.9 Å². The molecular weight excluding hydrogens is 266 g/mol. The van der Waals surface area contributed by atoms with Crippen molar-refractivity contribution in [2.24, 2.45) is 5.92 Å². The molecule has 0 aliphatic rings. The van der Waals surface area contributed by atoms with Crippen LogP contribution in [0.4, 0.5) is 0 Å². The van der Waals surface area contributed by atoms with E-state index in [0.29, 0.717) is 12.5 Å². The topological polar surface area (TPSA) is 70.2 Å². The first kappa shape index (κ1) is 17.2. The summed E-state index contributed by atoms with van der Waals surface area (Å²) >= 11 is 0. The van der Waals surface area contributed by atoms with Crippen LogP contribution in [0.2, 0.25) is 0 Å². The first-order valence-corrected chi connectivity index (χ1v) is 7.29. The van der Waals surface area contributed by atoms with Crippen molar-refractivity contribution >= 4 is 11.8 Å². The predicted octanol–water partition coefficient (Wildman–Crippen LogP) is 1.05. The van der Waals surface area contributed by atoms with Crippen molar-refractivity contribution in [2.45, 2.75) is 33.4 Å². The molecule has 1 rings (SSSR count). The van der Waals surface area contributed by atoms with Crippen LogP contribution in [0.25, 0.3) is 0 Å². The SMILES string of the molecule is CC(C)C(C)NC(=O)CNCC(=O)NCc1ccccc1. The molecule has 1 unspecified atom stereocenters. The summed E-state index contributed by atoms with van der Waals surface area (Å²) in [5.41, 5.74) is 1.05. The van der Waals surface area contributed by atoms with Gasteiger partial charge in [0.25, 0.3) is 0 Å². The lowest BCUT2D eigenvalue weighted by molar-refractivity contribution is -0.122. The van der Waals surface area contributed by atoms with Crippen molar-refractivity contribution in [1.29, 1.82) is 0 Å². The van der Waals surface area contributed by atoms with E-state index < -0.39 is 0 Å². The Labute approximate surface area is 126 Å². The number of carbonyl (C=O) groups excluding carboxylic acids is 2. The second-order valence-corrected chi connectivity index (χ2v) is 5.47. The van der Waals surface area contributed by atoms with Crippen LogP contribution in [-0.2, 0) is 16.1 Å². The van der Waals surface area contributed by atoms with Gasteiger partial charge in [-0.05, 0) is 18.4 Å². The van der Waals surface area contributed by atoms with Crippen LogP contribution in [0, 0.1) is 5.92 Å². The highest BCUT2D eigenvalue weighted by Crippen LogP contribution is 1.98. The summed E-state index contributed by atoms with van der Waals surface area (Å²) in [4.78, 5) is 23.2. The van der Waals surface area contributed by atoms with Crippen LogP contribution in [0.5, 0.6) is 0 Å². The first-order valence-electron chi connectivity index (χ1n) is 7.29. The van der Waals surface area contributed by atoms with Gasteiger partial charge in [0.15, 0.2) is 0 Å². The molecule has 0 saturated carbocycles. The molecule has 1 aromatic rings. The van der Waals surface area contributed by atoms with Gasteiger partial charge in [0.05, 0.1) is 13.1 Å². The Bertz CT molecular complexity index is 446. The zero-order valence-corrected chi connectivity index (χ0v) is 13.0. The molecule has 116 valence electrons. The van der Waals surface area contributed by atoms with E-state index in [2.05, 4.69) is 29.8 Å². The van der Waals surface area contributed by atoms with Crippen molar-refractivity contribution in [1.82, 2.24) is 16.0 Å². The number of hydrogen-bond donors (Lipinski definition) is 3. The third-order valence-corrected chi connectivity index (χ3v) is 3.29. The van der Waals surface area contributed by atoms with Gasteiger partial charge >= 0.3 is 0 Å². The molecule has 0 aromatic heterocycles. The first-order chi connectivity index (χ1) is 9.99. The van der Waals surface area contributed by atoms with E-state index in [1.54, 1.807) is 0 Å². The molecular formula is C16H25N3O2. The standard InChI is InChI=1S/C16H25N3O2/c1-12(2)13(3)19-16(21)11-17-10-15(20)18-9-14-7-5-4-6-8-14/h4-8,12-13,17H,9-11H2,1-3H3,(H,18,20)(H,19,21). The van der Waals surface area contributed by atoms with Crippen molar-refractivity contribution in [3.8, 4) is 0 Å². The molecule has 0 aliphatic heterocycles. The molecule has 0 fully saturated rings. The van der Waals surface area contributed by atoms with Crippen LogP contribution in [0.15, 0.2) is 30.3 Å². The number of carbonyl (C=O) groups is 2. The molecule has 1 aromatic carbocycles. The Balaban J connectivity index is 2.14. The van der Waals surface area contributed by atoms with Gasteiger partial charge in [-0.1, -0.05) is 44.2 Å². The lowest BCUT2D eigenvalue weighted by Crippen LogP contribution is -2.43. The zero-order chi connectivity index (χ0) is 15.7. The molecule has 0 aliphatic carbocycles. The molecule has 1 atom stereocenters. The minimum Gasteiger partial charge on any atom is -0.352 e. The van der Waals surface area contributed by atoms with Crippen LogP contribution >= 0.6 is 0 Å². The fraction of sp³-hybridized carbons (Fsp3) is 0.500. The highest BCUT2D eigenvalue weighted by Gasteiger charge is 2.10. The maximum absolute atomic E-state index is 11.6. The normalized spacial score (nSPS) is 12.0. The van der Waals surface area contributed by atoms with Crippen LogP contribution in [-0.4, -0.2) is 30.9 Å². The van der Waals surface area contributed by atoms with Crippen molar-refractivity contribution in [3.63, 3.8) is 0 Å². The van der Waals surface area contributed by atoms with E-state index >= 15 is 0 Å². The average Bonchev–Trinajstić information content (AvgIpc) is 2.46. The molecule has 21 heavy (non-hydrogen) atoms. The smallest absolute Gasteiger partial charge is 0.234 e. The van der Waals surface area contributed by atoms with Crippen LogP contribution in [0.1, 0.15) is 26.3 Å². The largest absolute Gasteiger partial charge is 0.352 e. The molecule has 3 N–H and O–H groups in total. The summed E-state index contributed by atoms with van der Waals surface area (Å²) in [6, 6.07) is 9.83. The van der Waals surface area contributed by atoms with Crippen molar-refractivity contribution in [3.05, 3.63) is 35.9 Å². The maximum Gasteiger partial charge on any atom is 0.234 e. The third kappa shape index (κ3) is 7.46. The summed E-state index contributed by atoms with van der Waals surface area (Å²) in [7, 11) is 0. The Morgan fingerprint density at radius 2 is 1.62 bits per heavy atom. The second-order valence-electron chi connectivity index (χ2n) is 5.47. The maximum atomic E-state index is 11.6. The highest BCUT2D eigenvalue weighted by atomic mass is 16.2. The third-order valence-electron chi connectivity index (χ3n) is 3.29. The molecule has 0 heterocycles. The second kappa shape index (κ2) is 9.13. The molecule has 0 radical (unpaired) electrons. The molecule has 0 spiro atoms. The number of hydrogen-bond acceptors (Lipinski definition) is 3. The Hall–Kier alpha value is -1.88. The minimum absolute atomic E-state index is 0.0907. The highest BCUT2D eigenvalue weighted by molar-refractivity contribution is 5.81. The number of nitrogens with one attached hydrogen (secondary N) is 3. The fourth-order valence-electron chi connectivity index (χ4n) is 1.62. The van der Waals surface area contributed by atoms with Crippen molar-refractivity contribution in [2.75, 3.05) is 13.1 Å². The number of benzene rings is 1. The van der Waals surface area contributed by atoms with Gasteiger partial charge in [-0.25, -0.2) is 0 Å². The summed E-state index contributed by atoms with van der Waals surface area (Å²) in [5.74, 6) is 0.179. The Morgan fingerprint density at radius 1 is 1.00 bits per heavy atom. The predicted molar refractivity (Wildman–Crippen MR) is 83.6 cm³/mol. The minimum atomic E-state index is -0.122.